The lowest BCUT2D eigenvalue weighted by Gasteiger charge is -2.52. The first-order valence-corrected chi connectivity index (χ1v) is 14.0. The van der Waals surface area contributed by atoms with Crippen LogP contribution in [0.2, 0.25) is 0 Å². The van der Waals surface area contributed by atoms with E-state index in [1.807, 2.05) is 42.1 Å². The number of aliphatic carboxylic acids is 1. The van der Waals surface area contributed by atoms with Crippen molar-refractivity contribution >= 4 is 51.4 Å². The van der Waals surface area contributed by atoms with Crippen LogP contribution in [0.5, 0.6) is 0 Å². The molecule has 3 unspecified atom stereocenters. The second-order valence-electron chi connectivity index (χ2n) is 10.1. The van der Waals surface area contributed by atoms with Crippen LogP contribution in [0.1, 0.15) is 25.8 Å². The smallest absolute Gasteiger partial charge is 0.318 e. The summed E-state index contributed by atoms with van der Waals surface area (Å²) in [6.07, 6.45) is 9.01. The third-order valence-corrected chi connectivity index (χ3v) is 8.50. The van der Waals surface area contributed by atoms with Gasteiger partial charge in [-0.3, -0.25) is 10.1 Å². The van der Waals surface area contributed by atoms with E-state index in [1.54, 1.807) is 54.5 Å². The molecule has 5 rings (SSSR count). The maximum absolute atomic E-state index is 13.1. The molecule has 0 saturated carbocycles. The average Bonchev–Trinajstić information content (AvgIpc) is 3.43. The molecular weight excluding hydrogens is 530 g/mol. The van der Waals surface area contributed by atoms with Gasteiger partial charge in [-0.05, 0) is 56.7 Å². The Bertz CT molecular complexity index is 1450. The van der Waals surface area contributed by atoms with E-state index < -0.39 is 29.1 Å². The molecule has 12 nitrogen and oxygen atoms in total. The Morgan fingerprint density at radius 2 is 2.08 bits per heavy atom. The molecule has 0 radical (unpaired) electrons. The summed E-state index contributed by atoms with van der Waals surface area (Å²) < 4.78 is 1.02. The maximum atomic E-state index is 13.1. The molecule has 2 aromatic heterocycles. The van der Waals surface area contributed by atoms with E-state index in [-0.39, 0.29) is 0 Å². The molecule has 1 saturated heterocycles. The van der Waals surface area contributed by atoms with E-state index in [2.05, 4.69) is 30.9 Å². The molecule has 3 aromatic rings. The van der Waals surface area contributed by atoms with Gasteiger partial charge < -0.3 is 25.5 Å². The highest BCUT2D eigenvalue weighted by Gasteiger charge is 2.57. The number of carboxylic acid groups (broad SMARTS) is 1. The Hall–Kier alpha value is -4.10. The van der Waals surface area contributed by atoms with Crippen molar-refractivity contribution in [3.8, 4) is 0 Å². The number of allylic oxidation sites excluding steroid dienone is 1. The van der Waals surface area contributed by atoms with Gasteiger partial charge in [-0.1, -0.05) is 0 Å². The first-order chi connectivity index (χ1) is 19.3. The number of aromatic nitrogens is 3. The predicted molar refractivity (Wildman–Crippen MR) is 156 cm³/mol. The summed E-state index contributed by atoms with van der Waals surface area (Å²) in [5, 5.41) is 19.6. The van der Waals surface area contributed by atoms with Crippen molar-refractivity contribution in [1.29, 1.82) is 0 Å². The highest BCUT2D eigenvalue weighted by Crippen LogP contribution is 2.45. The van der Waals surface area contributed by atoms with Gasteiger partial charge in [0.15, 0.2) is 0 Å². The number of anilines is 2. The number of rotatable bonds is 8. The molecule has 1 aromatic carbocycles. The third kappa shape index (κ3) is 4.97. The van der Waals surface area contributed by atoms with Crippen molar-refractivity contribution in [2.24, 2.45) is 16.3 Å². The third-order valence-electron chi connectivity index (χ3n) is 7.58. The molecule has 13 heteroatoms. The molecular formula is C27H33N9O3S. The predicted octanol–water partition coefficient (Wildman–Crippen LogP) is 2.80. The van der Waals surface area contributed by atoms with Crippen molar-refractivity contribution in [1.82, 2.24) is 30.9 Å². The largest absolute Gasteiger partial charge is 0.481 e. The number of aliphatic imine (C=N–C) groups is 1. The van der Waals surface area contributed by atoms with Crippen LogP contribution >= 0.6 is 11.3 Å². The minimum absolute atomic E-state index is 0.344. The SMILES string of the molecule is CCNC(=O)NC1(C2CNCCC2(C)C(=O)O)N=CC=CN1c1cc(CN(C)c2ncccn2)c2scnc2c1. The zero-order chi connectivity index (χ0) is 28.3. The number of nitrogens with zero attached hydrogens (tertiary/aromatic N) is 6. The van der Waals surface area contributed by atoms with Gasteiger partial charge in [-0.2, -0.15) is 0 Å². The fraction of sp³-hybridized carbons (Fsp3) is 0.407. The summed E-state index contributed by atoms with van der Waals surface area (Å²) in [4.78, 5) is 47.8. The Morgan fingerprint density at radius 1 is 1.27 bits per heavy atom. The number of carboxylic acids is 1. The van der Waals surface area contributed by atoms with Gasteiger partial charge in [0.05, 0.1) is 27.1 Å². The van der Waals surface area contributed by atoms with Crippen molar-refractivity contribution < 1.29 is 14.7 Å². The van der Waals surface area contributed by atoms with Crippen LogP contribution in [0.4, 0.5) is 16.4 Å². The molecule has 2 aliphatic rings. The standard InChI is InChI=1S/C27H33N9O3S/c1-4-29-25(39)34-27(21-15-28-11-7-26(21,2)23(37)38)33-10-6-12-36(27)19-13-18(22-20(14-19)32-17-40-22)16-35(3)24-30-8-5-9-31-24/h5-6,8-10,12-14,17,21,28H,4,7,11,15-16H2,1-3H3,(H,37,38)(H2,29,34,39). The fourth-order valence-corrected chi connectivity index (χ4v) is 6.26. The Labute approximate surface area is 236 Å². The van der Waals surface area contributed by atoms with Crippen molar-refractivity contribution in [2.45, 2.75) is 32.6 Å². The van der Waals surface area contributed by atoms with E-state index in [9.17, 15) is 14.7 Å². The molecule has 40 heavy (non-hydrogen) atoms. The lowest BCUT2D eigenvalue weighted by Crippen LogP contribution is -2.71. The number of benzene rings is 1. The molecule has 0 aliphatic carbocycles. The van der Waals surface area contributed by atoms with Crippen molar-refractivity contribution in [3.63, 3.8) is 0 Å². The average molecular weight is 564 g/mol. The number of hydrogen-bond acceptors (Lipinski definition) is 10. The van der Waals surface area contributed by atoms with Crippen molar-refractivity contribution in [3.05, 3.63) is 53.9 Å². The number of urea groups is 1. The van der Waals surface area contributed by atoms with Crippen LogP contribution in [0, 0.1) is 11.3 Å². The number of thiazole rings is 1. The number of hydrogen-bond donors (Lipinski definition) is 4. The number of fused-ring (bicyclic) bond motifs is 1. The number of carbonyl (C=O) groups is 2. The summed E-state index contributed by atoms with van der Waals surface area (Å²) in [5.41, 5.74) is 3.14. The van der Waals surface area contributed by atoms with Crippen molar-refractivity contribution in [2.75, 3.05) is 36.5 Å². The Balaban J connectivity index is 1.63. The van der Waals surface area contributed by atoms with Gasteiger partial charge in [-0.15, -0.1) is 11.3 Å². The quantitative estimate of drug-likeness (QED) is 0.325. The molecule has 0 spiro atoms. The Kier molecular flexibility index (Phi) is 7.68. The van der Waals surface area contributed by atoms with Crippen LogP contribution in [-0.2, 0) is 11.3 Å². The second-order valence-corrected chi connectivity index (χ2v) is 11.0. The highest BCUT2D eigenvalue weighted by atomic mass is 32.1. The van der Waals surface area contributed by atoms with E-state index in [4.69, 9.17) is 4.99 Å². The van der Waals surface area contributed by atoms with E-state index in [1.165, 1.54) is 0 Å². The maximum Gasteiger partial charge on any atom is 0.318 e. The molecule has 4 heterocycles. The monoisotopic (exact) mass is 563 g/mol. The molecule has 2 amide bonds. The number of piperidine rings is 1. The second kappa shape index (κ2) is 11.2. The molecule has 1 fully saturated rings. The van der Waals surface area contributed by atoms with Crippen LogP contribution in [0.15, 0.2) is 53.4 Å². The molecule has 4 N–H and O–H groups in total. The van der Waals surface area contributed by atoms with Crippen LogP contribution in [0.3, 0.4) is 0 Å². The zero-order valence-electron chi connectivity index (χ0n) is 22.7. The molecule has 3 atom stereocenters. The normalized spacial score (nSPS) is 24.2. The van der Waals surface area contributed by atoms with Gasteiger partial charge >= 0.3 is 12.0 Å². The summed E-state index contributed by atoms with van der Waals surface area (Å²) in [7, 11) is 1.92. The molecule has 0 bridgehead atoms. The van der Waals surface area contributed by atoms with Gasteiger partial charge in [0.1, 0.15) is 0 Å². The summed E-state index contributed by atoms with van der Waals surface area (Å²) in [5.74, 6) is -2.39. The highest BCUT2D eigenvalue weighted by molar-refractivity contribution is 7.17. The van der Waals surface area contributed by atoms with Crippen LogP contribution < -0.4 is 25.8 Å². The van der Waals surface area contributed by atoms with Crippen LogP contribution in [0.25, 0.3) is 10.2 Å². The first kappa shape index (κ1) is 27.5. The summed E-state index contributed by atoms with van der Waals surface area (Å²) >= 11 is 1.54. The zero-order valence-corrected chi connectivity index (χ0v) is 23.5. The lowest BCUT2D eigenvalue weighted by molar-refractivity contribution is -0.155. The van der Waals surface area contributed by atoms with Crippen LogP contribution in [-0.4, -0.2) is 70.7 Å². The minimum Gasteiger partial charge on any atom is -0.481 e. The summed E-state index contributed by atoms with van der Waals surface area (Å²) in [6.45, 7) is 5.37. The van der Waals surface area contributed by atoms with E-state index >= 15 is 0 Å². The minimum atomic E-state index is -1.43. The number of carbonyl (C=O) groups excluding carboxylic acids is 1. The van der Waals surface area contributed by atoms with E-state index in [0.717, 1.165) is 21.5 Å². The molecule has 210 valence electrons. The first-order valence-electron chi connectivity index (χ1n) is 13.1. The number of nitrogens with one attached hydrogen (secondary N) is 3. The lowest BCUT2D eigenvalue weighted by atomic mass is 9.68. The topological polar surface area (TPSA) is 148 Å². The van der Waals surface area contributed by atoms with Gasteiger partial charge in [0.25, 0.3) is 0 Å². The number of amides is 2. The molecule has 2 aliphatic heterocycles. The van der Waals surface area contributed by atoms with Gasteiger partial charge in [-0.25, -0.2) is 24.7 Å². The van der Waals surface area contributed by atoms with E-state index in [0.29, 0.717) is 38.5 Å². The summed E-state index contributed by atoms with van der Waals surface area (Å²) in [6, 6.07) is 5.32. The van der Waals surface area contributed by atoms with Gasteiger partial charge in [0, 0.05) is 57.2 Å². The van der Waals surface area contributed by atoms with Gasteiger partial charge in [0.2, 0.25) is 11.7 Å². The Morgan fingerprint density at radius 3 is 2.83 bits per heavy atom. The fourth-order valence-electron chi connectivity index (χ4n) is 5.48.